The molecule has 2 aromatic carbocycles. The third-order valence-electron chi connectivity index (χ3n) is 5.23. The van der Waals surface area contributed by atoms with E-state index in [1.54, 1.807) is 55.1 Å². The average Bonchev–Trinajstić information content (AvgIpc) is 3.12. The van der Waals surface area contributed by atoms with Crippen LogP contribution in [0.2, 0.25) is 5.02 Å². The number of benzene rings is 2. The number of pyridine rings is 1. The summed E-state index contributed by atoms with van der Waals surface area (Å²) in [6.07, 6.45) is 3.33. The largest absolute Gasteiger partial charge is 0.574 e. The molecule has 0 aliphatic carbocycles. The van der Waals surface area contributed by atoms with E-state index in [0.29, 0.717) is 21.6 Å². The molecular formula is C25H23ClF2N3O3SY-. The van der Waals surface area contributed by atoms with Crippen LogP contribution in [-0.2, 0) is 49.8 Å². The van der Waals surface area contributed by atoms with Gasteiger partial charge in [-0.3, -0.25) is 4.79 Å². The number of fused-ring (bicyclic) bond motifs is 1. The summed E-state index contributed by atoms with van der Waals surface area (Å²) in [5.41, 5.74) is 0.441. The third-order valence-corrected chi connectivity index (χ3v) is 6.88. The molecule has 11 heteroatoms. The van der Waals surface area contributed by atoms with Gasteiger partial charge in [0.25, 0.3) is 0 Å². The van der Waals surface area contributed by atoms with Gasteiger partial charge in [-0.25, -0.2) is 22.2 Å². The topological polar surface area (TPSA) is 83.1 Å². The summed E-state index contributed by atoms with van der Waals surface area (Å²) in [4.78, 5) is 17.7. The van der Waals surface area contributed by atoms with Crippen molar-refractivity contribution in [2.75, 3.05) is 5.75 Å². The second-order valence-electron chi connectivity index (χ2n) is 7.72. The molecule has 4 rings (SSSR count). The van der Waals surface area contributed by atoms with Crippen LogP contribution in [0.1, 0.15) is 36.7 Å². The summed E-state index contributed by atoms with van der Waals surface area (Å²) in [7, 11) is -2.31. The summed E-state index contributed by atoms with van der Waals surface area (Å²) in [5.74, 6) is -3.69. The fourth-order valence-electron chi connectivity index (χ4n) is 3.65. The number of ketones is 1. The van der Waals surface area contributed by atoms with Crippen molar-refractivity contribution in [1.29, 1.82) is 0 Å². The van der Waals surface area contributed by atoms with Gasteiger partial charge in [-0.1, -0.05) is 49.8 Å². The zero-order valence-electron chi connectivity index (χ0n) is 18.8. The Balaban J connectivity index is 0.00000228. The first-order valence-electron chi connectivity index (χ1n) is 10.3. The molecule has 4 aromatic rings. The maximum atomic E-state index is 15.2. The predicted octanol–water partition coefficient (Wildman–Crippen LogP) is 6.78. The minimum absolute atomic E-state index is 0. The van der Waals surface area contributed by atoms with E-state index in [1.807, 2.05) is 0 Å². The molecule has 0 N–H and O–H groups in total. The number of hydrogen-bond donors (Lipinski definition) is 0. The maximum absolute atomic E-state index is 15.2. The number of carbonyl (C=O) groups excluding carboxylic acids is 1. The van der Waals surface area contributed by atoms with Gasteiger partial charge in [0.05, 0.1) is 15.6 Å². The first-order chi connectivity index (χ1) is 16.1. The Labute approximate surface area is 239 Å². The first-order valence-corrected chi connectivity index (χ1v) is 12.3. The molecule has 0 fully saturated rings. The van der Waals surface area contributed by atoms with Crippen LogP contribution < -0.4 is 0 Å². The van der Waals surface area contributed by atoms with Gasteiger partial charge in [-0.05, 0) is 36.2 Å². The Hall–Kier alpha value is -2.20. The number of hydrogen-bond acceptors (Lipinski definition) is 4. The Kier molecular flexibility index (Phi) is 9.93. The van der Waals surface area contributed by atoms with Gasteiger partial charge in [0.1, 0.15) is 17.3 Å². The molecule has 0 spiro atoms. The fraction of sp³-hybridized carbons (Fsp3) is 0.200. The van der Waals surface area contributed by atoms with Crippen LogP contribution in [0.3, 0.4) is 0 Å². The first kappa shape index (κ1) is 30.0. The van der Waals surface area contributed by atoms with Crippen LogP contribution in [0, 0.1) is 11.6 Å². The molecular weight excluding hydrogens is 585 g/mol. The number of sulfonamides is 1. The Morgan fingerprint density at radius 1 is 1.11 bits per heavy atom. The standard InChI is InChI=1S/C24H19ClF2N3O3S.CH4.Y/c1-3-10-34(32,33)29-20-9-8-19(26)21(22(20)27)23(31)18-13-30(2)24-17(18)11-15(12-28-24)14-4-6-16(25)7-5-14;;/h4-9,11-13H,3,10H2,1-2H3;1H4;/q-1;;. The van der Waals surface area contributed by atoms with Crippen molar-refractivity contribution < 1.29 is 54.7 Å². The zero-order chi connectivity index (χ0) is 24.6. The van der Waals surface area contributed by atoms with E-state index < -0.39 is 38.7 Å². The molecule has 0 bridgehead atoms. The van der Waals surface area contributed by atoms with Gasteiger partial charge in [0.15, 0.2) is 0 Å². The van der Waals surface area contributed by atoms with Crippen molar-refractivity contribution in [2.45, 2.75) is 20.8 Å². The van der Waals surface area contributed by atoms with E-state index in [4.69, 9.17) is 11.6 Å². The number of nitrogens with zero attached hydrogens (tertiary/aromatic N) is 3. The molecule has 2 aromatic heterocycles. The smallest absolute Gasteiger partial charge is 0.201 e. The van der Waals surface area contributed by atoms with Gasteiger partial charge >= 0.3 is 0 Å². The number of halogens is 3. The second-order valence-corrected chi connectivity index (χ2v) is 9.91. The molecule has 0 saturated carbocycles. The molecule has 6 nitrogen and oxygen atoms in total. The van der Waals surface area contributed by atoms with Gasteiger partial charge in [0, 0.05) is 79.4 Å². The summed E-state index contributed by atoms with van der Waals surface area (Å²) in [6, 6.07) is 10.4. The fourth-order valence-corrected chi connectivity index (χ4v) is 4.82. The molecule has 0 atom stereocenters. The van der Waals surface area contributed by atoms with Gasteiger partial charge in [-0.15, -0.1) is 0 Å². The van der Waals surface area contributed by atoms with Crippen molar-refractivity contribution in [1.82, 2.24) is 9.55 Å². The van der Waals surface area contributed by atoms with Crippen LogP contribution in [0.25, 0.3) is 26.9 Å². The zero-order valence-corrected chi connectivity index (χ0v) is 23.2. The predicted molar refractivity (Wildman–Crippen MR) is 135 cm³/mol. The van der Waals surface area contributed by atoms with E-state index in [9.17, 15) is 17.6 Å². The monoisotopic (exact) mass is 607 g/mol. The van der Waals surface area contributed by atoms with Gasteiger partial charge < -0.3 is 9.29 Å². The van der Waals surface area contributed by atoms with Crippen LogP contribution in [-0.4, -0.2) is 29.5 Å². The molecule has 2 heterocycles. The maximum Gasteiger partial charge on any atom is 0.201 e. The number of rotatable bonds is 7. The number of aromatic nitrogens is 2. The summed E-state index contributed by atoms with van der Waals surface area (Å²) in [5, 5.41) is 0.949. The van der Waals surface area contributed by atoms with Crippen molar-refractivity contribution in [3.05, 3.63) is 87.4 Å². The minimum atomic E-state index is -3.97. The Morgan fingerprint density at radius 3 is 2.42 bits per heavy atom. The Bertz CT molecular complexity index is 1520. The van der Waals surface area contributed by atoms with Crippen molar-refractivity contribution >= 4 is 44.1 Å². The SMILES string of the molecule is C.CCCS(=O)(=O)[N-]c1ccc(F)c(C(=O)c2cn(C)c3ncc(-c4ccc(Cl)cc4)cc23)c1F.[Y]. The molecule has 187 valence electrons. The summed E-state index contributed by atoms with van der Waals surface area (Å²) < 4.78 is 58.9. The van der Waals surface area contributed by atoms with E-state index in [2.05, 4.69) is 9.71 Å². The van der Waals surface area contributed by atoms with E-state index >= 15 is 4.39 Å². The molecule has 1 radical (unpaired) electrons. The molecule has 0 amide bonds. The van der Waals surface area contributed by atoms with Gasteiger partial charge in [-0.2, -0.15) is 0 Å². The molecule has 36 heavy (non-hydrogen) atoms. The van der Waals surface area contributed by atoms with Crippen molar-refractivity contribution in [2.24, 2.45) is 7.05 Å². The van der Waals surface area contributed by atoms with Gasteiger partial charge in [0.2, 0.25) is 5.78 Å². The van der Waals surface area contributed by atoms with Crippen LogP contribution in [0.15, 0.2) is 54.9 Å². The summed E-state index contributed by atoms with van der Waals surface area (Å²) in [6.45, 7) is 1.63. The normalized spacial score (nSPS) is 11.0. The van der Waals surface area contributed by atoms with Crippen LogP contribution in [0.4, 0.5) is 14.5 Å². The number of carbonyl (C=O) groups is 1. The van der Waals surface area contributed by atoms with Crippen LogP contribution >= 0.6 is 11.6 Å². The average molecular weight is 608 g/mol. The molecule has 0 aliphatic rings. The van der Waals surface area contributed by atoms with E-state index in [0.717, 1.165) is 17.7 Å². The van der Waals surface area contributed by atoms with Crippen molar-refractivity contribution in [3.63, 3.8) is 0 Å². The number of aryl methyl sites for hydroxylation is 1. The molecule has 0 unspecified atom stereocenters. The summed E-state index contributed by atoms with van der Waals surface area (Å²) >= 11 is 5.95. The Morgan fingerprint density at radius 2 is 1.78 bits per heavy atom. The van der Waals surface area contributed by atoms with E-state index in [1.165, 1.54) is 6.20 Å². The van der Waals surface area contributed by atoms with Crippen molar-refractivity contribution in [3.8, 4) is 11.1 Å². The minimum Gasteiger partial charge on any atom is -0.574 e. The molecule has 0 saturated heterocycles. The quantitative estimate of drug-likeness (QED) is 0.217. The second kappa shape index (κ2) is 11.9. The molecule has 0 aliphatic heterocycles. The third kappa shape index (κ3) is 6.02. The van der Waals surface area contributed by atoms with Crippen LogP contribution in [0.5, 0.6) is 0 Å². The van der Waals surface area contributed by atoms with E-state index in [-0.39, 0.29) is 57.9 Å².